The molecule has 1 N–H and O–H groups in total. The first-order valence-corrected chi connectivity index (χ1v) is 7.23. The van der Waals surface area contributed by atoms with E-state index in [-0.39, 0.29) is 6.04 Å². The van der Waals surface area contributed by atoms with Crippen LogP contribution < -0.4 is 5.32 Å². The zero-order chi connectivity index (χ0) is 12.3. The highest BCUT2D eigenvalue weighted by Gasteiger charge is 2.45. The number of amides is 1. The first-order chi connectivity index (χ1) is 8.21. The van der Waals surface area contributed by atoms with Crippen molar-refractivity contribution in [2.45, 2.75) is 64.8 Å². The third-order valence-corrected chi connectivity index (χ3v) is 4.25. The Balaban J connectivity index is 1.81. The van der Waals surface area contributed by atoms with E-state index < -0.39 is 0 Å². The minimum atomic E-state index is 0.104. The largest absolute Gasteiger partial charge is 0.328 e. The quantitative estimate of drug-likeness (QED) is 0.739. The van der Waals surface area contributed by atoms with Crippen LogP contribution in [0.25, 0.3) is 0 Å². The summed E-state index contributed by atoms with van der Waals surface area (Å²) in [6.45, 7) is 6.19. The number of nitrogens with one attached hydrogen (secondary N) is 1. The molecule has 2 rings (SSSR count). The van der Waals surface area contributed by atoms with Gasteiger partial charge in [0.25, 0.3) is 0 Å². The number of hydrogen-bond donors (Lipinski definition) is 1. The van der Waals surface area contributed by atoms with Crippen LogP contribution in [0.5, 0.6) is 0 Å². The van der Waals surface area contributed by atoms with Gasteiger partial charge in [-0.05, 0) is 31.1 Å². The van der Waals surface area contributed by atoms with E-state index in [4.69, 9.17) is 0 Å². The molecule has 0 bridgehead atoms. The van der Waals surface area contributed by atoms with E-state index in [2.05, 4.69) is 24.1 Å². The first kappa shape index (κ1) is 12.9. The summed E-state index contributed by atoms with van der Waals surface area (Å²) in [4.78, 5) is 14.2. The molecule has 1 atom stereocenters. The zero-order valence-electron chi connectivity index (χ0n) is 11.3. The van der Waals surface area contributed by atoms with Crippen LogP contribution >= 0.6 is 0 Å². The van der Waals surface area contributed by atoms with Gasteiger partial charge in [0, 0.05) is 6.54 Å². The van der Waals surface area contributed by atoms with Crippen molar-refractivity contribution in [1.29, 1.82) is 0 Å². The Labute approximate surface area is 105 Å². The fraction of sp³-hybridized carbons (Fsp3) is 0.929. The number of hydrogen-bond acceptors (Lipinski definition) is 2. The van der Waals surface area contributed by atoms with Crippen LogP contribution in [0.1, 0.15) is 58.8 Å². The maximum Gasteiger partial charge on any atom is 0.240 e. The highest BCUT2D eigenvalue weighted by atomic mass is 16.2. The van der Waals surface area contributed by atoms with Gasteiger partial charge < -0.3 is 4.90 Å². The third-order valence-electron chi connectivity index (χ3n) is 4.25. The molecule has 0 aromatic rings. The topological polar surface area (TPSA) is 32.3 Å². The summed E-state index contributed by atoms with van der Waals surface area (Å²) < 4.78 is 0. The molecule has 1 saturated heterocycles. The van der Waals surface area contributed by atoms with Crippen LogP contribution in [0.4, 0.5) is 0 Å². The SMILES string of the molecule is CCCCC1NCN(CC2(CCC)CC2)C1=O. The van der Waals surface area contributed by atoms with Crippen molar-refractivity contribution >= 4 is 5.91 Å². The molecule has 3 nitrogen and oxygen atoms in total. The van der Waals surface area contributed by atoms with E-state index in [0.717, 1.165) is 26.1 Å². The van der Waals surface area contributed by atoms with E-state index in [0.29, 0.717) is 11.3 Å². The Hall–Kier alpha value is -0.570. The Morgan fingerprint density at radius 1 is 1.35 bits per heavy atom. The molecule has 1 amide bonds. The summed E-state index contributed by atoms with van der Waals surface area (Å²) in [5.41, 5.74) is 0.492. The van der Waals surface area contributed by atoms with Crippen LogP contribution in [-0.4, -0.2) is 30.1 Å². The summed E-state index contributed by atoms with van der Waals surface area (Å²) in [5.74, 6) is 0.348. The number of rotatable bonds is 7. The maximum absolute atomic E-state index is 12.2. The van der Waals surface area contributed by atoms with Gasteiger partial charge in [-0.1, -0.05) is 33.1 Å². The van der Waals surface area contributed by atoms with E-state index in [9.17, 15) is 4.79 Å². The van der Waals surface area contributed by atoms with Crippen molar-refractivity contribution in [3.63, 3.8) is 0 Å². The Bertz CT molecular complexity index is 273. The fourth-order valence-corrected chi connectivity index (χ4v) is 2.97. The van der Waals surface area contributed by atoms with Crippen molar-refractivity contribution in [2.24, 2.45) is 5.41 Å². The molecular weight excluding hydrogens is 212 g/mol. The second kappa shape index (κ2) is 5.38. The normalized spacial score (nSPS) is 26.6. The summed E-state index contributed by atoms with van der Waals surface area (Å²) in [6, 6.07) is 0.104. The average molecular weight is 238 g/mol. The molecule has 98 valence electrons. The summed E-state index contributed by atoms with van der Waals surface area (Å²) in [7, 11) is 0. The molecule has 1 aliphatic heterocycles. The lowest BCUT2D eigenvalue weighted by molar-refractivity contribution is -0.129. The predicted octanol–water partition coefficient (Wildman–Crippen LogP) is 2.51. The fourth-order valence-electron chi connectivity index (χ4n) is 2.97. The van der Waals surface area contributed by atoms with Crippen molar-refractivity contribution in [3.05, 3.63) is 0 Å². The molecule has 1 saturated carbocycles. The van der Waals surface area contributed by atoms with Gasteiger partial charge in [0.1, 0.15) is 0 Å². The van der Waals surface area contributed by atoms with Gasteiger partial charge >= 0.3 is 0 Å². The molecule has 2 aliphatic rings. The molecule has 1 aliphatic carbocycles. The summed E-state index contributed by atoms with van der Waals surface area (Å²) in [5, 5.41) is 3.36. The van der Waals surface area contributed by atoms with Gasteiger partial charge in [-0.15, -0.1) is 0 Å². The molecule has 0 aromatic carbocycles. The predicted molar refractivity (Wildman–Crippen MR) is 69.6 cm³/mol. The minimum absolute atomic E-state index is 0.104. The number of carbonyl (C=O) groups excluding carboxylic acids is 1. The van der Waals surface area contributed by atoms with Gasteiger partial charge in [-0.3, -0.25) is 10.1 Å². The zero-order valence-corrected chi connectivity index (χ0v) is 11.3. The van der Waals surface area contributed by atoms with Crippen LogP contribution in [0.2, 0.25) is 0 Å². The number of unbranched alkanes of at least 4 members (excludes halogenated alkanes) is 1. The number of nitrogens with zero attached hydrogens (tertiary/aromatic N) is 1. The molecule has 0 radical (unpaired) electrons. The standard InChI is InChI=1S/C14H26N2O/c1-3-5-6-12-13(17)16(11-15-12)10-14(7-4-2)8-9-14/h12,15H,3-11H2,1-2H3. The number of carbonyl (C=O) groups is 1. The van der Waals surface area contributed by atoms with Crippen LogP contribution in [-0.2, 0) is 4.79 Å². The average Bonchev–Trinajstić information content (AvgIpc) is 2.99. The van der Waals surface area contributed by atoms with E-state index in [1.165, 1.54) is 32.1 Å². The molecule has 1 unspecified atom stereocenters. The second-order valence-corrected chi connectivity index (χ2v) is 5.84. The molecular formula is C14H26N2O. The summed E-state index contributed by atoms with van der Waals surface area (Å²) >= 11 is 0. The van der Waals surface area contributed by atoms with Gasteiger partial charge in [0.05, 0.1) is 12.7 Å². The van der Waals surface area contributed by atoms with Gasteiger partial charge in [-0.25, -0.2) is 0 Å². The highest BCUT2D eigenvalue weighted by Crippen LogP contribution is 2.50. The van der Waals surface area contributed by atoms with E-state index in [1.54, 1.807) is 0 Å². The van der Waals surface area contributed by atoms with Gasteiger partial charge in [-0.2, -0.15) is 0 Å². The molecule has 0 aromatic heterocycles. The lowest BCUT2D eigenvalue weighted by atomic mass is 10.00. The first-order valence-electron chi connectivity index (χ1n) is 7.23. The maximum atomic E-state index is 12.2. The molecule has 1 heterocycles. The molecule has 0 spiro atoms. The highest BCUT2D eigenvalue weighted by molar-refractivity contribution is 5.83. The Morgan fingerprint density at radius 2 is 2.12 bits per heavy atom. The van der Waals surface area contributed by atoms with Gasteiger partial charge in [0.15, 0.2) is 0 Å². The smallest absolute Gasteiger partial charge is 0.240 e. The van der Waals surface area contributed by atoms with Crippen molar-refractivity contribution in [3.8, 4) is 0 Å². The Morgan fingerprint density at radius 3 is 2.71 bits per heavy atom. The monoisotopic (exact) mass is 238 g/mol. The third kappa shape index (κ3) is 3.01. The van der Waals surface area contributed by atoms with Crippen LogP contribution in [0.15, 0.2) is 0 Å². The molecule has 3 heteroatoms. The lowest BCUT2D eigenvalue weighted by Gasteiger charge is -2.22. The Kier molecular flexibility index (Phi) is 4.08. The lowest BCUT2D eigenvalue weighted by Crippen LogP contribution is -2.34. The van der Waals surface area contributed by atoms with Crippen molar-refractivity contribution in [1.82, 2.24) is 10.2 Å². The van der Waals surface area contributed by atoms with Crippen LogP contribution in [0.3, 0.4) is 0 Å². The van der Waals surface area contributed by atoms with Crippen molar-refractivity contribution < 1.29 is 4.79 Å². The minimum Gasteiger partial charge on any atom is -0.328 e. The molecule has 17 heavy (non-hydrogen) atoms. The summed E-state index contributed by atoms with van der Waals surface area (Å²) in [6.07, 6.45) is 8.51. The van der Waals surface area contributed by atoms with Crippen LogP contribution in [0, 0.1) is 5.41 Å². The van der Waals surface area contributed by atoms with E-state index >= 15 is 0 Å². The molecule has 2 fully saturated rings. The van der Waals surface area contributed by atoms with Crippen molar-refractivity contribution in [2.75, 3.05) is 13.2 Å². The van der Waals surface area contributed by atoms with E-state index in [1.807, 2.05) is 0 Å². The van der Waals surface area contributed by atoms with Gasteiger partial charge in [0.2, 0.25) is 5.91 Å². The second-order valence-electron chi connectivity index (χ2n) is 5.84.